The van der Waals surface area contributed by atoms with E-state index in [2.05, 4.69) is 10.6 Å². The molecular weight excluding hydrogens is 224 g/mol. The molecule has 0 aliphatic carbocycles. The summed E-state index contributed by atoms with van der Waals surface area (Å²) in [6, 6.07) is -0.949. The highest BCUT2D eigenvalue weighted by atomic mass is 16.4. The van der Waals surface area contributed by atoms with Crippen LogP contribution in [0.1, 0.15) is 33.6 Å². The normalized spacial score (nSPS) is 12.0. The lowest BCUT2D eigenvalue weighted by atomic mass is 10.1. The van der Waals surface area contributed by atoms with Gasteiger partial charge in [0.25, 0.3) is 0 Å². The first kappa shape index (κ1) is 15.4. The molecule has 0 aromatic rings. The Labute approximate surface area is 101 Å². The maximum atomic E-state index is 11.3. The molecule has 6 heteroatoms. The Morgan fingerprint density at radius 2 is 1.71 bits per heavy atom. The van der Waals surface area contributed by atoms with E-state index >= 15 is 0 Å². The van der Waals surface area contributed by atoms with Gasteiger partial charge in [-0.15, -0.1) is 0 Å². The zero-order chi connectivity index (χ0) is 13.4. The van der Waals surface area contributed by atoms with Gasteiger partial charge in [0.15, 0.2) is 0 Å². The molecule has 0 heterocycles. The van der Waals surface area contributed by atoms with Crippen LogP contribution >= 0.6 is 0 Å². The molecule has 0 aromatic carbocycles. The smallest absolute Gasteiger partial charge is 0.325 e. The Morgan fingerprint density at radius 1 is 1.12 bits per heavy atom. The Morgan fingerprint density at radius 3 is 2.18 bits per heavy atom. The Hall–Kier alpha value is -1.59. The SMILES string of the molecule is CC(C)CCC(=O)NCC(=O)N[C@@H](C)C(=O)O. The van der Waals surface area contributed by atoms with Crippen LogP contribution in [0.4, 0.5) is 0 Å². The minimum atomic E-state index is -1.11. The second-order valence-corrected chi connectivity index (χ2v) is 4.34. The van der Waals surface area contributed by atoms with Gasteiger partial charge in [-0.1, -0.05) is 13.8 Å². The fourth-order valence-corrected chi connectivity index (χ4v) is 1.04. The van der Waals surface area contributed by atoms with Crippen LogP contribution in [0.2, 0.25) is 0 Å². The van der Waals surface area contributed by atoms with Gasteiger partial charge in [0, 0.05) is 6.42 Å². The van der Waals surface area contributed by atoms with E-state index in [4.69, 9.17) is 5.11 Å². The van der Waals surface area contributed by atoms with Crippen LogP contribution in [0, 0.1) is 5.92 Å². The number of nitrogens with one attached hydrogen (secondary N) is 2. The van der Waals surface area contributed by atoms with E-state index in [1.807, 2.05) is 13.8 Å². The average molecular weight is 244 g/mol. The van der Waals surface area contributed by atoms with Crippen LogP contribution in [0.3, 0.4) is 0 Å². The highest BCUT2D eigenvalue weighted by Crippen LogP contribution is 2.02. The zero-order valence-corrected chi connectivity index (χ0v) is 10.4. The van der Waals surface area contributed by atoms with Gasteiger partial charge in [-0.25, -0.2) is 0 Å². The molecule has 1 atom stereocenters. The summed E-state index contributed by atoms with van der Waals surface area (Å²) in [6.45, 7) is 5.19. The summed E-state index contributed by atoms with van der Waals surface area (Å²) in [5, 5.41) is 13.2. The van der Waals surface area contributed by atoms with Crippen molar-refractivity contribution in [2.45, 2.75) is 39.7 Å². The average Bonchev–Trinajstić information content (AvgIpc) is 2.23. The summed E-state index contributed by atoms with van der Waals surface area (Å²) in [5.41, 5.74) is 0. The molecule has 3 N–H and O–H groups in total. The maximum Gasteiger partial charge on any atom is 0.325 e. The van der Waals surface area contributed by atoms with Crippen molar-refractivity contribution in [1.82, 2.24) is 10.6 Å². The minimum Gasteiger partial charge on any atom is -0.480 e. The second-order valence-electron chi connectivity index (χ2n) is 4.34. The highest BCUT2D eigenvalue weighted by Gasteiger charge is 2.14. The molecule has 0 aliphatic heterocycles. The van der Waals surface area contributed by atoms with Gasteiger partial charge >= 0.3 is 5.97 Å². The van der Waals surface area contributed by atoms with Gasteiger partial charge in [0.2, 0.25) is 11.8 Å². The molecule has 0 radical (unpaired) electrons. The van der Waals surface area contributed by atoms with Gasteiger partial charge < -0.3 is 15.7 Å². The lowest BCUT2D eigenvalue weighted by Gasteiger charge is -2.10. The molecule has 0 rings (SSSR count). The number of hydrogen-bond acceptors (Lipinski definition) is 3. The quantitative estimate of drug-likeness (QED) is 0.593. The van der Waals surface area contributed by atoms with Gasteiger partial charge in [-0.3, -0.25) is 14.4 Å². The second kappa shape index (κ2) is 7.65. The Kier molecular flexibility index (Phi) is 6.93. The van der Waals surface area contributed by atoms with Crippen LogP contribution in [0.15, 0.2) is 0 Å². The van der Waals surface area contributed by atoms with Crippen LogP contribution in [0.5, 0.6) is 0 Å². The third-order valence-corrected chi connectivity index (χ3v) is 2.14. The molecular formula is C11H20N2O4. The summed E-state index contributed by atoms with van der Waals surface area (Å²) >= 11 is 0. The number of aliphatic carboxylic acids is 1. The van der Waals surface area contributed by atoms with Gasteiger partial charge in [-0.2, -0.15) is 0 Å². The fraction of sp³-hybridized carbons (Fsp3) is 0.727. The molecule has 0 aromatic heterocycles. The Balaban J connectivity index is 3.77. The Bertz CT molecular complexity index is 289. The van der Waals surface area contributed by atoms with E-state index in [-0.39, 0.29) is 12.5 Å². The number of hydrogen-bond donors (Lipinski definition) is 3. The van der Waals surface area contributed by atoms with Crippen molar-refractivity contribution in [2.75, 3.05) is 6.54 Å². The molecule has 0 aliphatic rings. The van der Waals surface area contributed by atoms with Crippen molar-refractivity contribution in [2.24, 2.45) is 5.92 Å². The van der Waals surface area contributed by atoms with Crippen molar-refractivity contribution in [3.63, 3.8) is 0 Å². The maximum absolute atomic E-state index is 11.3. The van der Waals surface area contributed by atoms with Crippen molar-refractivity contribution in [3.8, 4) is 0 Å². The molecule has 17 heavy (non-hydrogen) atoms. The summed E-state index contributed by atoms with van der Waals surface area (Å²) in [5.74, 6) is -1.37. The summed E-state index contributed by atoms with van der Waals surface area (Å²) in [6.07, 6.45) is 1.14. The van der Waals surface area contributed by atoms with Gasteiger partial charge in [0.1, 0.15) is 6.04 Å². The summed E-state index contributed by atoms with van der Waals surface area (Å²) in [7, 11) is 0. The van der Waals surface area contributed by atoms with E-state index in [1.54, 1.807) is 0 Å². The molecule has 0 bridgehead atoms. The molecule has 6 nitrogen and oxygen atoms in total. The third-order valence-electron chi connectivity index (χ3n) is 2.14. The molecule has 2 amide bonds. The van der Waals surface area contributed by atoms with Gasteiger partial charge in [-0.05, 0) is 19.3 Å². The van der Waals surface area contributed by atoms with Crippen LogP contribution in [-0.2, 0) is 14.4 Å². The topological polar surface area (TPSA) is 95.5 Å². The van der Waals surface area contributed by atoms with Crippen molar-refractivity contribution < 1.29 is 19.5 Å². The third kappa shape index (κ3) is 8.24. The van der Waals surface area contributed by atoms with Crippen LogP contribution < -0.4 is 10.6 Å². The molecule has 98 valence electrons. The lowest BCUT2D eigenvalue weighted by molar-refractivity contribution is -0.141. The highest BCUT2D eigenvalue weighted by molar-refractivity contribution is 5.87. The number of carboxylic acids is 1. The van der Waals surface area contributed by atoms with E-state index in [0.717, 1.165) is 6.42 Å². The summed E-state index contributed by atoms with van der Waals surface area (Å²) in [4.78, 5) is 32.9. The monoisotopic (exact) mass is 244 g/mol. The lowest BCUT2D eigenvalue weighted by Crippen LogP contribution is -2.44. The fourth-order valence-electron chi connectivity index (χ4n) is 1.04. The number of carboxylic acid groups (broad SMARTS) is 1. The molecule has 0 saturated carbocycles. The predicted octanol–water partition coefficient (Wildman–Crippen LogP) is 0.128. The molecule has 0 spiro atoms. The number of amides is 2. The number of rotatable bonds is 7. The van der Waals surface area contributed by atoms with E-state index in [1.165, 1.54) is 6.92 Å². The molecule has 0 fully saturated rings. The minimum absolute atomic E-state index is 0.186. The van der Waals surface area contributed by atoms with Crippen LogP contribution in [-0.4, -0.2) is 35.5 Å². The van der Waals surface area contributed by atoms with Crippen LogP contribution in [0.25, 0.3) is 0 Å². The number of carbonyl (C=O) groups excluding carboxylic acids is 2. The predicted molar refractivity (Wildman–Crippen MR) is 62.3 cm³/mol. The van der Waals surface area contributed by atoms with E-state index in [9.17, 15) is 14.4 Å². The largest absolute Gasteiger partial charge is 0.480 e. The first-order valence-electron chi connectivity index (χ1n) is 5.61. The van der Waals surface area contributed by atoms with Crippen molar-refractivity contribution in [3.05, 3.63) is 0 Å². The van der Waals surface area contributed by atoms with Crippen molar-refractivity contribution >= 4 is 17.8 Å². The first-order valence-corrected chi connectivity index (χ1v) is 5.61. The molecule has 0 unspecified atom stereocenters. The number of carbonyl (C=O) groups is 3. The van der Waals surface area contributed by atoms with Crippen molar-refractivity contribution in [1.29, 1.82) is 0 Å². The van der Waals surface area contributed by atoms with Gasteiger partial charge in [0.05, 0.1) is 6.54 Å². The van der Waals surface area contributed by atoms with E-state index < -0.39 is 17.9 Å². The molecule has 0 saturated heterocycles. The van der Waals surface area contributed by atoms with E-state index in [0.29, 0.717) is 12.3 Å². The summed E-state index contributed by atoms with van der Waals surface area (Å²) < 4.78 is 0. The standard InChI is InChI=1S/C11H20N2O4/c1-7(2)4-5-9(14)12-6-10(15)13-8(3)11(16)17/h7-8H,4-6H2,1-3H3,(H,12,14)(H,13,15)(H,16,17)/t8-/m0/s1. The zero-order valence-electron chi connectivity index (χ0n) is 10.4. The first-order chi connectivity index (χ1) is 7.82.